The summed E-state index contributed by atoms with van der Waals surface area (Å²) in [4.78, 5) is 5.96. The summed E-state index contributed by atoms with van der Waals surface area (Å²) in [6, 6.07) is 0.710. The first-order valence-electron chi connectivity index (χ1n) is 6.57. The number of thiazole rings is 1. The van der Waals surface area contributed by atoms with Gasteiger partial charge in [0, 0.05) is 40.4 Å². The predicted octanol–water partition coefficient (Wildman–Crippen LogP) is 3.13. The molecule has 2 nitrogen and oxygen atoms in total. The average Bonchev–Trinajstić information content (AvgIpc) is 2.59. The summed E-state index contributed by atoms with van der Waals surface area (Å²) >= 11 is 6.04. The summed E-state index contributed by atoms with van der Waals surface area (Å²) in [6.45, 7) is 5.39. The predicted molar refractivity (Wildman–Crippen MR) is 86.3 cm³/mol. The lowest BCUT2D eigenvalue weighted by molar-refractivity contribution is 0.582. The van der Waals surface area contributed by atoms with Crippen molar-refractivity contribution in [2.45, 2.75) is 32.7 Å². The van der Waals surface area contributed by atoms with Gasteiger partial charge in [-0.2, -0.15) is 23.5 Å². The van der Waals surface area contributed by atoms with Crippen LogP contribution in [0.15, 0.2) is 0 Å². The molecule has 0 aromatic carbocycles. The zero-order valence-corrected chi connectivity index (χ0v) is 13.6. The fourth-order valence-electron chi connectivity index (χ4n) is 1.93. The Morgan fingerprint density at radius 1 is 1.22 bits per heavy atom. The third-order valence-corrected chi connectivity index (χ3v) is 6.74. The molecular formula is C13H22N2S3. The van der Waals surface area contributed by atoms with Crippen LogP contribution in [0, 0.1) is 13.8 Å². The Balaban J connectivity index is 1.63. The van der Waals surface area contributed by atoms with Gasteiger partial charge in [0.2, 0.25) is 0 Å². The molecule has 0 radical (unpaired) electrons. The van der Waals surface area contributed by atoms with Crippen LogP contribution in [-0.2, 0) is 6.42 Å². The Kier molecular flexibility index (Phi) is 6.35. The monoisotopic (exact) mass is 302 g/mol. The maximum atomic E-state index is 4.59. The van der Waals surface area contributed by atoms with Gasteiger partial charge in [0.1, 0.15) is 0 Å². The summed E-state index contributed by atoms with van der Waals surface area (Å²) in [5.41, 5.74) is 1.21. The minimum atomic E-state index is 0.710. The molecule has 0 saturated carbocycles. The molecule has 0 bridgehead atoms. The second kappa shape index (κ2) is 7.78. The summed E-state index contributed by atoms with van der Waals surface area (Å²) in [6.07, 6.45) is 2.33. The number of thioether (sulfide) groups is 2. The van der Waals surface area contributed by atoms with Crippen LogP contribution in [0.1, 0.15) is 22.0 Å². The molecule has 1 aliphatic heterocycles. The van der Waals surface area contributed by atoms with Crippen molar-refractivity contribution in [3.8, 4) is 0 Å². The van der Waals surface area contributed by atoms with Gasteiger partial charge >= 0.3 is 0 Å². The fraction of sp³-hybridized carbons (Fsp3) is 0.769. The van der Waals surface area contributed by atoms with Gasteiger partial charge in [0.25, 0.3) is 0 Å². The van der Waals surface area contributed by atoms with Crippen molar-refractivity contribution in [3.05, 3.63) is 15.6 Å². The lowest BCUT2D eigenvalue weighted by Crippen LogP contribution is -2.34. The SMILES string of the molecule is Cc1nc(CCCNC2CSCCSC2)sc1C. The van der Waals surface area contributed by atoms with E-state index in [0.29, 0.717) is 6.04 Å². The molecule has 0 amide bonds. The first kappa shape index (κ1) is 14.7. The van der Waals surface area contributed by atoms with Crippen molar-refractivity contribution in [1.82, 2.24) is 10.3 Å². The fourth-order valence-corrected chi connectivity index (χ4v) is 5.37. The standard InChI is InChI=1S/C13H22N2S3/c1-10-11(2)18-13(15-10)4-3-5-14-12-8-16-6-7-17-9-12/h12,14H,3-9H2,1-2H3. The van der Waals surface area contributed by atoms with Gasteiger partial charge in [-0.15, -0.1) is 11.3 Å². The molecule has 2 heterocycles. The Labute approximate surface area is 123 Å². The Bertz CT molecular complexity index is 338. The van der Waals surface area contributed by atoms with Crippen LogP contribution in [-0.4, -0.2) is 40.6 Å². The summed E-state index contributed by atoms with van der Waals surface area (Å²) in [5, 5.41) is 4.99. The molecule has 18 heavy (non-hydrogen) atoms. The van der Waals surface area contributed by atoms with Gasteiger partial charge in [0.15, 0.2) is 0 Å². The normalized spacial score (nSPS) is 17.9. The average molecular weight is 303 g/mol. The molecule has 1 aromatic heterocycles. The van der Waals surface area contributed by atoms with Gasteiger partial charge in [-0.3, -0.25) is 0 Å². The number of aryl methyl sites for hydroxylation is 3. The molecular weight excluding hydrogens is 280 g/mol. The minimum Gasteiger partial charge on any atom is -0.312 e. The third-order valence-electron chi connectivity index (χ3n) is 3.08. The van der Waals surface area contributed by atoms with Crippen LogP contribution in [0.2, 0.25) is 0 Å². The van der Waals surface area contributed by atoms with Crippen molar-refractivity contribution in [1.29, 1.82) is 0 Å². The van der Waals surface area contributed by atoms with Crippen LogP contribution in [0.25, 0.3) is 0 Å². The number of rotatable bonds is 5. The highest BCUT2D eigenvalue weighted by Crippen LogP contribution is 2.18. The molecule has 0 spiro atoms. The summed E-state index contributed by atoms with van der Waals surface area (Å²) < 4.78 is 0. The van der Waals surface area contributed by atoms with E-state index in [4.69, 9.17) is 0 Å². The topological polar surface area (TPSA) is 24.9 Å². The first-order valence-corrected chi connectivity index (χ1v) is 9.70. The van der Waals surface area contributed by atoms with E-state index < -0.39 is 0 Å². The molecule has 0 atom stereocenters. The molecule has 2 rings (SSSR count). The molecule has 1 fully saturated rings. The van der Waals surface area contributed by atoms with E-state index in [0.717, 1.165) is 13.0 Å². The van der Waals surface area contributed by atoms with Crippen LogP contribution < -0.4 is 5.32 Å². The molecule has 102 valence electrons. The van der Waals surface area contributed by atoms with Crippen LogP contribution >= 0.6 is 34.9 Å². The highest BCUT2D eigenvalue weighted by molar-refractivity contribution is 8.03. The summed E-state index contributed by atoms with van der Waals surface area (Å²) in [5.74, 6) is 5.20. The first-order chi connectivity index (χ1) is 8.75. The number of hydrogen-bond donors (Lipinski definition) is 1. The van der Waals surface area contributed by atoms with E-state index in [1.807, 2.05) is 11.3 Å². The smallest absolute Gasteiger partial charge is 0.0931 e. The maximum Gasteiger partial charge on any atom is 0.0931 e. The van der Waals surface area contributed by atoms with Gasteiger partial charge in [0.05, 0.1) is 10.7 Å². The zero-order valence-electron chi connectivity index (χ0n) is 11.2. The van der Waals surface area contributed by atoms with Crippen molar-refractivity contribution >= 4 is 34.9 Å². The van der Waals surface area contributed by atoms with Gasteiger partial charge in [-0.05, 0) is 26.8 Å². The van der Waals surface area contributed by atoms with Crippen LogP contribution in [0.5, 0.6) is 0 Å². The van der Waals surface area contributed by atoms with Crippen molar-refractivity contribution < 1.29 is 0 Å². The second-order valence-electron chi connectivity index (χ2n) is 4.65. The highest BCUT2D eigenvalue weighted by atomic mass is 32.2. The van der Waals surface area contributed by atoms with E-state index in [1.54, 1.807) is 0 Å². The Morgan fingerprint density at radius 3 is 2.56 bits per heavy atom. The van der Waals surface area contributed by atoms with Crippen molar-refractivity contribution in [2.75, 3.05) is 29.6 Å². The van der Waals surface area contributed by atoms with E-state index in [-0.39, 0.29) is 0 Å². The zero-order chi connectivity index (χ0) is 12.8. The quantitative estimate of drug-likeness (QED) is 0.845. The van der Waals surface area contributed by atoms with E-state index >= 15 is 0 Å². The molecule has 0 aliphatic carbocycles. The molecule has 0 unspecified atom stereocenters. The van der Waals surface area contributed by atoms with Gasteiger partial charge in [-0.25, -0.2) is 4.98 Å². The van der Waals surface area contributed by atoms with Gasteiger partial charge < -0.3 is 5.32 Å². The maximum absolute atomic E-state index is 4.59. The van der Waals surface area contributed by atoms with E-state index in [1.165, 1.54) is 45.0 Å². The van der Waals surface area contributed by atoms with E-state index in [2.05, 4.69) is 47.7 Å². The van der Waals surface area contributed by atoms with Crippen molar-refractivity contribution in [2.24, 2.45) is 0 Å². The number of aromatic nitrogens is 1. The van der Waals surface area contributed by atoms with Gasteiger partial charge in [-0.1, -0.05) is 0 Å². The number of nitrogens with one attached hydrogen (secondary N) is 1. The summed E-state index contributed by atoms with van der Waals surface area (Å²) in [7, 11) is 0. The molecule has 5 heteroatoms. The van der Waals surface area contributed by atoms with Crippen LogP contribution in [0.3, 0.4) is 0 Å². The molecule has 1 aliphatic rings. The van der Waals surface area contributed by atoms with E-state index in [9.17, 15) is 0 Å². The molecule has 1 N–H and O–H groups in total. The second-order valence-corrected chi connectivity index (χ2v) is 8.24. The third kappa shape index (κ3) is 4.76. The Hall–Kier alpha value is 0.290. The number of nitrogens with zero attached hydrogens (tertiary/aromatic N) is 1. The van der Waals surface area contributed by atoms with Crippen LogP contribution in [0.4, 0.5) is 0 Å². The Morgan fingerprint density at radius 2 is 1.94 bits per heavy atom. The lowest BCUT2D eigenvalue weighted by atomic mass is 10.3. The van der Waals surface area contributed by atoms with Crippen molar-refractivity contribution in [3.63, 3.8) is 0 Å². The number of hydrogen-bond acceptors (Lipinski definition) is 5. The minimum absolute atomic E-state index is 0.710. The lowest BCUT2D eigenvalue weighted by Gasteiger charge is -2.14. The largest absolute Gasteiger partial charge is 0.312 e. The highest BCUT2D eigenvalue weighted by Gasteiger charge is 2.11. The molecule has 1 saturated heterocycles. The molecule has 1 aromatic rings.